The maximum atomic E-state index is 13.4. The number of rotatable bonds is 5. The molecule has 0 fully saturated rings. The summed E-state index contributed by atoms with van der Waals surface area (Å²) in [6, 6.07) is 16.6. The zero-order chi connectivity index (χ0) is 22.1. The minimum Gasteiger partial charge on any atom is -0.383 e. The van der Waals surface area contributed by atoms with Crippen molar-refractivity contribution in [1.29, 1.82) is 0 Å². The molecular formula is C22H19ClN4O3S. The summed E-state index contributed by atoms with van der Waals surface area (Å²) in [7, 11) is 0. The molecule has 0 aliphatic heterocycles. The van der Waals surface area contributed by atoms with E-state index in [1.54, 1.807) is 6.92 Å². The Balaban J connectivity index is 1.82. The van der Waals surface area contributed by atoms with Crippen LogP contribution in [0.5, 0.6) is 0 Å². The fourth-order valence-corrected chi connectivity index (χ4v) is 4.90. The highest BCUT2D eigenvalue weighted by Gasteiger charge is 2.27. The summed E-state index contributed by atoms with van der Waals surface area (Å²) in [6.07, 6.45) is 0. The van der Waals surface area contributed by atoms with Crippen LogP contribution in [-0.2, 0) is 6.54 Å². The molecule has 1 amide bonds. The zero-order valence-electron chi connectivity index (χ0n) is 16.6. The Morgan fingerprint density at radius 3 is 2.48 bits per heavy atom. The number of carbonyl (C=O) groups excluding carboxylic acids is 1. The van der Waals surface area contributed by atoms with Crippen molar-refractivity contribution in [3.63, 3.8) is 0 Å². The Kier molecular flexibility index (Phi) is 5.67. The predicted octanol–water partition coefficient (Wildman–Crippen LogP) is 3.70. The summed E-state index contributed by atoms with van der Waals surface area (Å²) in [5.41, 5.74) is 5.65. The van der Waals surface area contributed by atoms with E-state index < -0.39 is 17.2 Å². The molecule has 7 nitrogen and oxygen atoms in total. The van der Waals surface area contributed by atoms with Crippen molar-refractivity contribution in [1.82, 2.24) is 9.55 Å². The van der Waals surface area contributed by atoms with Crippen molar-refractivity contribution in [2.24, 2.45) is 0 Å². The van der Waals surface area contributed by atoms with Gasteiger partial charge >= 0.3 is 5.69 Å². The third kappa shape index (κ3) is 3.75. The van der Waals surface area contributed by atoms with Crippen molar-refractivity contribution >= 4 is 50.4 Å². The van der Waals surface area contributed by atoms with E-state index in [1.807, 2.05) is 54.6 Å². The highest BCUT2D eigenvalue weighted by Crippen LogP contribution is 2.36. The third-order valence-electron chi connectivity index (χ3n) is 4.96. The van der Waals surface area contributed by atoms with Gasteiger partial charge in [0.15, 0.2) is 5.69 Å². The van der Waals surface area contributed by atoms with Crippen LogP contribution in [0.4, 0.5) is 11.5 Å². The molecule has 0 saturated heterocycles. The number of hydrogen-bond acceptors (Lipinski definition) is 5. The Hall–Kier alpha value is -3.36. The first kappa shape index (κ1) is 20.9. The second-order valence-corrected chi connectivity index (χ2v) is 8.29. The van der Waals surface area contributed by atoms with Gasteiger partial charge < -0.3 is 5.73 Å². The maximum absolute atomic E-state index is 13.4. The first-order chi connectivity index (χ1) is 14.9. The average molecular weight is 455 g/mol. The number of amides is 1. The van der Waals surface area contributed by atoms with Crippen LogP contribution >= 0.6 is 22.9 Å². The van der Waals surface area contributed by atoms with Crippen molar-refractivity contribution < 1.29 is 4.79 Å². The van der Waals surface area contributed by atoms with Crippen LogP contribution in [0.3, 0.4) is 0 Å². The number of nitrogens with one attached hydrogen (secondary N) is 1. The van der Waals surface area contributed by atoms with E-state index in [9.17, 15) is 14.4 Å². The molecule has 0 spiro atoms. The van der Waals surface area contributed by atoms with Gasteiger partial charge in [-0.3, -0.25) is 24.0 Å². The van der Waals surface area contributed by atoms with Crippen LogP contribution < -0.4 is 21.9 Å². The Labute approximate surface area is 186 Å². The maximum Gasteiger partial charge on any atom is 0.330 e. The summed E-state index contributed by atoms with van der Waals surface area (Å²) >= 11 is 7.72. The molecule has 0 bridgehead atoms. The number of nitrogens with two attached hydrogens (primary N) is 1. The fraction of sp³-hybridized carbons (Fsp3) is 0.136. The molecule has 2 aromatic heterocycles. The smallest absolute Gasteiger partial charge is 0.330 e. The summed E-state index contributed by atoms with van der Waals surface area (Å²) in [6.45, 7) is 2.05. The third-order valence-corrected chi connectivity index (χ3v) is 6.62. The first-order valence-corrected chi connectivity index (χ1v) is 10.8. The molecule has 31 heavy (non-hydrogen) atoms. The quantitative estimate of drug-likeness (QED) is 0.480. The average Bonchev–Trinajstić information content (AvgIpc) is 3.11. The molecule has 3 N–H and O–H groups in total. The molecule has 0 unspecified atom stereocenters. The van der Waals surface area contributed by atoms with E-state index >= 15 is 0 Å². The number of aromatic nitrogens is 2. The number of anilines is 2. The number of halogens is 1. The largest absolute Gasteiger partial charge is 0.383 e. The van der Waals surface area contributed by atoms with Gasteiger partial charge in [0, 0.05) is 16.6 Å². The van der Waals surface area contributed by atoms with Crippen LogP contribution in [-0.4, -0.2) is 22.0 Å². The molecule has 4 aromatic rings. The number of hydrogen-bond donors (Lipinski definition) is 2. The molecule has 158 valence electrons. The summed E-state index contributed by atoms with van der Waals surface area (Å²) in [5, 5.41) is 1.10. The van der Waals surface area contributed by atoms with Gasteiger partial charge in [0.1, 0.15) is 10.7 Å². The molecule has 4 rings (SSSR count). The van der Waals surface area contributed by atoms with Crippen LogP contribution in [0.1, 0.15) is 22.2 Å². The second-order valence-electron chi connectivity index (χ2n) is 6.86. The first-order valence-electron chi connectivity index (χ1n) is 9.57. The molecule has 0 aliphatic carbocycles. The van der Waals surface area contributed by atoms with E-state index in [2.05, 4.69) is 4.98 Å². The molecule has 0 aliphatic rings. The number of aromatic amines is 1. The molecule has 9 heteroatoms. The lowest BCUT2D eigenvalue weighted by Gasteiger charge is -2.22. The number of carbonyl (C=O) groups is 1. The van der Waals surface area contributed by atoms with Crippen molar-refractivity contribution in [2.75, 3.05) is 17.2 Å². The standard InChI is InChI=1S/C22H19ClN4O3S/c1-2-26(21(29)18-16(23)14-10-6-7-11-15(14)31-18)17-19(24)27(22(30)25-20(17)28)12-13-8-4-3-5-9-13/h3-11H,2,12,24H2,1H3,(H,25,28,30). The van der Waals surface area contributed by atoms with Crippen molar-refractivity contribution in [2.45, 2.75) is 13.5 Å². The molecule has 2 heterocycles. The highest BCUT2D eigenvalue weighted by atomic mass is 35.5. The van der Waals surface area contributed by atoms with E-state index in [0.717, 1.165) is 15.6 Å². The van der Waals surface area contributed by atoms with Gasteiger partial charge in [0.2, 0.25) is 0 Å². The lowest BCUT2D eigenvalue weighted by atomic mass is 10.2. The van der Waals surface area contributed by atoms with Crippen LogP contribution in [0.25, 0.3) is 10.1 Å². The van der Waals surface area contributed by atoms with Crippen molar-refractivity contribution in [3.8, 4) is 0 Å². The SMILES string of the molecule is CCN(C(=O)c1sc2ccccc2c1Cl)c1c(N)n(Cc2ccccc2)c(=O)[nH]c1=O. The van der Waals surface area contributed by atoms with E-state index in [0.29, 0.717) is 9.90 Å². The van der Waals surface area contributed by atoms with E-state index in [1.165, 1.54) is 20.8 Å². The predicted molar refractivity (Wildman–Crippen MR) is 125 cm³/mol. The monoisotopic (exact) mass is 454 g/mol. The number of nitrogen functional groups attached to an aromatic ring is 1. The lowest BCUT2D eigenvalue weighted by Crippen LogP contribution is -2.41. The number of H-pyrrole nitrogens is 1. The highest BCUT2D eigenvalue weighted by molar-refractivity contribution is 7.21. The van der Waals surface area contributed by atoms with Gasteiger partial charge in [0.05, 0.1) is 11.6 Å². The van der Waals surface area contributed by atoms with Gasteiger partial charge in [-0.15, -0.1) is 11.3 Å². The van der Waals surface area contributed by atoms with Gasteiger partial charge in [-0.25, -0.2) is 4.79 Å². The number of fused-ring (bicyclic) bond motifs is 1. The Morgan fingerprint density at radius 2 is 1.81 bits per heavy atom. The van der Waals surface area contributed by atoms with Gasteiger partial charge in [-0.1, -0.05) is 60.1 Å². The molecule has 0 radical (unpaired) electrons. The fourth-order valence-electron chi connectivity index (χ4n) is 3.44. The number of nitrogens with zero attached hydrogens (tertiary/aromatic N) is 2. The van der Waals surface area contributed by atoms with E-state index in [4.69, 9.17) is 17.3 Å². The van der Waals surface area contributed by atoms with Gasteiger partial charge in [-0.05, 0) is 18.6 Å². The van der Waals surface area contributed by atoms with Crippen molar-refractivity contribution in [3.05, 3.63) is 90.9 Å². The summed E-state index contributed by atoms with van der Waals surface area (Å²) < 4.78 is 2.11. The normalized spacial score (nSPS) is 11.0. The Morgan fingerprint density at radius 1 is 1.13 bits per heavy atom. The minimum atomic E-state index is -0.723. The number of thiophene rings is 1. The minimum absolute atomic E-state index is 0.0726. The van der Waals surface area contributed by atoms with E-state index in [-0.39, 0.29) is 24.6 Å². The van der Waals surface area contributed by atoms with Gasteiger partial charge in [-0.2, -0.15) is 0 Å². The van der Waals surface area contributed by atoms with Crippen LogP contribution in [0.2, 0.25) is 5.02 Å². The number of benzene rings is 2. The summed E-state index contributed by atoms with van der Waals surface area (Å²) in [5.74, 6) is -0.527. The molecule has 2 aromatic carbocycles. The molecular weight excluding hydrogens is 436 g/mol. The second kappa shape index (κ2) is 8.41. The van der Waals surface area contributed by atoms with Crippen LogP contribution in [0.15, 0.2) is 64.2 Å². The topological polar surface area (TPSA) is 101 Å². The van der Waals surface area contributed by atoms with Crippen LogP contribution in [0, 0.1) is 0 Å². The lowest BCUT2D eigenvalue weighted by molar-refractivity contribution is 0.0992. The Bertz CT molecular complexity index is 1390. The summed E-state index contributed by atoms with van der Waals surface area (Å²) in [4.78, 5) is 42.4. The molecule has 0 saturated carbocycles. The van der Waals surface area contributed by atoms with Gasteiger partial charge in [0.25, 0.3) is 11.5 Å². The zero-order valence-corrected chi connectivity index (χ0v) is 18.2. The molecule has 0 atom stereocenters.